The molecular weight excluding hydrogens is 194 g/mol. The highest BCUT2D eigenvalue weighted by molar-refractivity contribution is 5.86. The van der Waals surface area contributed by atoms with Crippen molar-refractivity contribution in [2.24, 2.45) is 0 Å². The summed E-state index contributed by atoms with van der Waals surface area (Å²) in [6.45, 7) is 4.06. The third kappa shape index (κ3) is 1.89. The highest BCUT2D eigenvalue weighted by Gasteiger charge is 2.08. The largest absolute Gasteiger partial charge is 0.392 e. The summed E-state index contributed by atoms with van der Waals surface area (Å²) < 4.78 is 0. The number of aryl methyl sites for hydroxylation is 1. The summed E-state index contributed by atoms with van der Waals surface area (Å²) in [5.41, 5.74) is 2.42. The van der Waals surface area contributed by atoms with Gasteiger partial charge in [-0.05, 0) is 13.8 Å². The second kappa shape index (κ2) is 3.82. The van der Waals surface area contributed by atoms with Crippen molar-refractivity contribution in [3.8, 4) is 0 Å². The molecular formula is C9H13N5O. The van der Waals surface area contributed by atoms with Crippen LogP contribution in [0.2, 0.25) is 0 Å². The minimum Gasteiger partial charge on any atom is -0.392 e. The van der Waals surface area contributed by atoms with E-state index in [4.69, 9.17) is 5.11 Å². The number of aliphatic hydroxyl groups excluding tert-OH is 1. The van der Waals surface area contributed by atoms with Crippen molar-refractivity contribution in [2.75, 3.05) is 11.9 Å². The lowest BCUT2D eigenvalue weighted by molar-refractivity contribution is 0.208. The molecule has 0 saturated carbocycles. The van der Waals surface area contributed by atoms with Gasteiger partial charge in [0.05, 0.1) is 11.8 Å². The van der Waals surface area contributed by atoms with Crippen LogP contribution in [0.4, 0.5) is 5.82 Å². The van der Waals surface area contributed by atoms with E-state index in [1.807, 2.05) is 6.92 Å². The van der Waals surface area contributed by atoms with Crippen LogP contribution in [0.5, 0.6) is 0 Å². The van der Waals surface area contributed by atoms with Crippen LogP contribution in [-0.4, -0.2) is 37.9 Å². The molecule has 0 radical (unpaired) electrons. The molecule has 0 aliphatic heterocycles. The van der Waals surface area contributed by atoms with E-state index >= 15 is 0 Å². The van der Waals surface area contributed by atoms with Gasteiger partial charge in [-0.1, -0.05) is 0 Å². The third-order valence-electron chi connectivity index (χ3n) is 2.08. The summed E-state index contributed by atoms with van der Waals surface area (Å²) in [7, 11) is 0. The van der Waals surface area contributed by atoms with Gasteiger partial charge in [0.15, 0.2) is 11.3 Å². The van der Waals surface area contributed by atoms with Crippen LogP contribution in [-0.2, 0) is 0 Å². The van der Waals surface area contributed by atoms with E-state index in [9.17, 15) is 0 Å². The fourth-order valence-electron chi connectivity index (χ4n) is 1.33. The van der Waals surface area contributed by atoms with E-state index in [1.165, 1.54) is 6.33 Å². The highest BCUT2D eigenvalue weighted by atomic mass is 16.3. The molecule has 0 saturated heterocycles. The number of nitrogens with one attached hydrogen (secondary N) is 2. The molecule has 2 aromatic rings. The van der Waals surface area contributed by atoms with Gasteiger partial charge in [0.25, 0.3) is 0 Å². The maximum atomic E-state index is 9.16. The molecule has 2 heterocycles. The number of H-pyrrole nitrogens is 1. The fourth-order valence-corrected chi connectivity index (χ4v) is 1.33. The van der Waals surface area contributed by atoms with Crippen molar-refractivity contribution in [1.29, 1.82) is 0 Å². The zero-order valence-electron chi connectivity index (χ0n) is 8.65. The lowest BCUT2D eigenvalue weighted by Gasteiger charge is -2.06. The predicted octanol–water partition coefficient (Wildman–Crippen LogP) is 0.454. The molecule has 2 aromatic heterocycles. The second-order valence-electron chi connectivity index (χ2n) is 3.50. The van der Waals surface area contributed by atoms with Gasteiger partial charge >= 0.3 is 0 Å². The van der Waals surface area contributed by atoms with Crippen LogP contribution >= 0.6 is 0 Å². The zero-order valence-corrected chi connectivity index (χ0v) is 8.65. The van der Waals surface area contributed by atoms with Gasteiger partial charge in [0.2, 0.25) is 0 Å². The van der Waals surface area contributed by atoms with Gasteiger partial charge < -0.3 is 10.4 Å². The van der Waals surface area contributed by atoms with Crippen molar-refractivity contribution in [2.45, 2.75) is 20.0 Å². The molecule has 0 aromatic carbocycles. The summed E-state index contributed by atoms with van der Waals surface area (Å²) in [5, 5.41) is 19.1. The molecule has 6 nitrogen and oxygen atoms in total. The molecule has 0 bridgehead atoms. The fraction of sp³-hybridized carbons (Fsp3) is 0.444. The van der Waals surface area contributed by atoms with Crippen LogP contribution < -0.4 is 5.32 Å². The van der Waals surface area contributed by atoms with Crippen molar-refractivity contribution in [3.05, 3.63) is 12.0 Å². The number of fused-ring (bicyclic) bond motifs is 1. The summed E-state index contributed by atoms with van der Waals surface area (Å²) in [4.78, 5) is 8.20. The second-order valence-corrected chi connectivity index (χ2v) is 3.50. The number of hydrogen-bond donors (Lipinski definition) is 3. The smallest absolute Gasteiger partial charge is 0.158 e. The van der Waals surface area contributed by atoms with Crippen LogP contribution in [0.25, 0.3) is 11.0 Å². The van der Waals surface area contributed by atoms with E-state index in [-0.39, 0.29) is 0 Å². The average molecular weight is 207 g/mol. The molecule has 6 heteroatoms. The van der Waals surface area contributed by atoms with Gasteiger partial charge in [-0.3, -0.25) is 5.10 Å². The molecule has 80 valence electrons. The molecule has 0 amide bonds. The van der Waals surface area contributed by atoms with Crippen molar-refractivity contribution in [1.82, 2.24) is 20.2 Å². The Hall–Kier alpha value is -1.69. The molecule has 3 N–H and O–H groups in total. The van der Waals surface area contributed by atoms with Crippen molar-refractivity contribution >= 4 is 16.9 Å². The molecule has 15 heavy (non-hydrogen) atoms. The first-order valence-corrected chi connectivity index (χ1v) is 4.76. The number of hydrogen-bond acceptors (Lipinski definition) is 5. The Balaban J connectivity index is 2.34. The monoisotopic (exact) mass is 207 g/mol. The minimum atomic E-state index is -0.421. The summed E-state index contributed by atoms with van der Waals surface area (Å²) in [5.74, 6) is 0.644. The Morgan fingerprint density at radius 2 is 2.27 bits per heavy atom. The number of anilines is 1. The standard InChI is InChI=1S/C9H13N5O/c1-5(15)3-10-9-8-7(11-4-12-9)6(2)13-14-8/h4-5,15H,3H2,1-2H3,(H,13,14)(H,10,11,12). The molecule has 2 rings (SSSR count). The highest BCUT2D eigenvalue weighted by Crippen LogP contribution is 2.18. The van der Waals surface area contributed by atoms with E-state index < -0.39 is 6.10 Å². The predicted molar refractivity (Wildman–Crippen MR) is 56.6 cm³/mol. The lowest BCUT2D eigenvalue weighted by Crippen LogP contribution is -2.16. The number of aliphatic hydroxyl groups is 1. The van der Waals surface area contributed by atoms with Gasteiger partial charge in [0, 0.05) is 6.54 Å². The van der Waals surface area contributed by atoms with Gasteiger partial charge in [-0.15, -0.1) is 0 Å². The Kier molecular flexibility index (Phi) is 2.51. The van der Waals surface area contributed by atoms with Crippen molar-refractivity contribution < 1.29 is 5.11 Å². The van der Waals surface area contributed by atoms with E-state index in [2.05, 4.69) is 25.5 Å². The third-order valence-corrected chi connectivity index (χ3v) is 2.08. The number of rotatable bonds is 3. The van der Waals surface area contributed by atoms with Gasteiger partial charge in [0.1, 0.15) is 11.8 Å². The first-order chi connectivity index (χ1) is 7.18. The molecule has 1 atom stereocenters. The minimum absolute atomic E-state index is 0.421. The molecule has 0 spiro atoms. The van der Waals surface area contributed by atoms with E-state index in [0.717, 1.165) is 11.2 Å². The summed E-state index contributed by atoms with van der Waals surface area (Å²) in [6.07, 6.45) is 1.06. The zero-order chi connectivity index (χ0) is 10.8. The topological polar surface area (TPSA) is 86.7 Å². The van der Waals surface area contributed by atoms with Crippen LogP contribution in [0.3, 0.4) is 0 Å². The van der Waals surface area contributed by atoms with Crippen molar-refractivity contribution in [3.63, 3.8) is 0 Å². The lowest BCUT2D eigenvalue weighted by atomic mass is 10.3. The maximum absolute atomic E-state index is 9.16. The van der Waals surface area contributed by atoms with Gasteiger partial charge in [-0.25, -0.2) is 9.97 Å². The summed E-state index contributed by atoms with van der Waals surface area (Å²) in [6, 6.07) is 0. The number of nitrogens with zero attached hydrogens (tertiary/aromatic N) is 3. The molecule has 0 aliphatic rings. The molecule has 0 aliphatic carbocycles. The normalized spacial score (nSPS) is 13.0. The maximum Gasteiger partial charge on any atom is 0.158 e. The number of aromatic nitrogens is 4. The number of aromatic amines is 1. The Morgan fingerprint density at radius 3 is 3.00 bits per heavy atom. The van der Waals surface area contributed by atoms with E-state index in [0.29, 0.717) is 17.9 Å². The SMILES string of the molecule is Cc1[nH]nc2c(NCC(C)O)ncnc12. The first kappa shape index (κ1) is 9.85. The van der Waals surface area contributed by atoms with Crippen LogP contribution in [0.15, 0.2) is 6.33 Å². The Bertz CT molecular complexity index is 464. The quantitative estimate of drug-likeness (QED) is 0.680. The van der Waals surface area contributed by atoms with E-state index in [1.54, 1.807) is 6.92 Å². The molecule has 0 fully saturated rings. The van der Waals surface area contributed by atoms with Gasteiger partial charge in [-0.2, -0.15) is 5.10 Å². The average Bonchev–Trinajstić information content (AvgIpc) is 2.58. The van der Waals surface area contributed by atoms with Crippen LogP contribution in [0, 0.1) is 6.92 Å². The molecule has 1 unspecified atom stereocenters. The summed E-state index contributed by atoms with van der Waals surface area (Å²) >= 11 is 0. The van der Waals surface area contributed by atoms with Crippen LogP contribution in [0.1, 0.15) is 12.6 Å². The Labute approximate surface area is 86.8 Å². The Morgan fingerprint density at radius 1 is 1.47 bits per heavy atom. The first-order valence-electron chi connectivity index (χ1n) is 4.76.